The van der Waals surface area contributed by atoms with Crippen LogP contribution in [0.3, 0.4) is 0 Å². The Bertz CT molecular complexity index is 452. The molecule has 0 saturated heterocycles. The summed E-state index contributed by atoms with van der Waals surface area (Å²) in [5.74, 6) is 0.597. The quantitative estimate of drug-likeness (QED) is 0.870. The van der Waals surface area contributed by atoms with Gasteiger partial charge in [0.15, 0.2) is 0 Å². The predicted molar refractivity (Wildman–Crippen MR) is 82.1 cm³/mol. The number of amides is 1. The molecule has 1 aliphatic carbocycles. The van der Waals surface area contributed by atoms with E-state index in [-0.39, 0.29) is 11.3 Å². The molecule has 0 unspecified atom stereocenters. The normalized spacial score (nSPS) is 17.1. The molecule has 1 aliphatic rings. The van der Waals surface area contributed by atoms with Crippen molar-refractivity contribution in [3.8, 4) is 0 Å². The fourth-order valence-electron chi connectivity index (χ4n) is 2.70. The van der Waals surface area contributed by atoms with Crippen LogP contribution in [0.4, 0.5) is 0 Å². The van der Waals surface area contributed by atoms with Gasteiger partial charge in [-0.05, 0) is 36.5 Å². The van der Waals surface area contributed by atoms with Crippen LogP contribution in [0.15, 0.2) is 28.7 Å². The number of carbonyl (C=O) groups excluding carboxylic acids is 1. The maximum atomic E-state index is 11.8. The Kier molecular flexibility index (Phi) is 4.67. The highest BCUT2D eigenvalue weighted by Gasteiger charge is 2.38. The van der Waals surface area contributed by atoms with E-state index in [4.69, 9.17) is 0 Å². The molecular weight excluding hydrogens is 302 g/mol. The van der Waals surface area contributed by atoms with Crippen LogP contribution < -0.4 is 5.32 Å². The van der Waals surface area contributed by atoms with Gasteiger partial charge in [0.05, 0.1) is 0 Å². The molecule has 1 aromatic carbocycles. The van der Waals surface area contributed by atoms with Crippen molar-refractivity contribution < 1.29 is 4.79 Å². The molecule has 1 N–H and O–H groups in total. The van der Waals surface area contributed by atoms with Crippen molar-refractivity contribution in [2.45, 2.75) is 44.9 Å². The van der Waals surface area contributed by atoms with E-state index in [0.717, 1.165) is 11.0 Å². The standard InChI is InChI=1S/C16H22BrNO/c1-12(2)9-15(19)18-11-16(7-4-8-16)13-5-3-6-14(17)10-13/h3,5-6,10,12H,4,7-9,11H2,1-2H3,(H,18,19). The summed E-state index contributed by atoms with van der Waals surface area (Å²) in [6, 6.07) is 8.49. The van der Waals surface area contributed by atoms with Gasteiger partial charge >= 0.3 is 0 Å². The first-order chi connectivity index (χ1) is 9.02. The zero-order chi connectivity index (χ0) is 13.9. The molecule has 0 aliphatic heterocycles. The zero-order valence-electron chi connectivity index (χ0n) is 11.7. The highest BCUT2D eigenvalue weighted by atomic mass is 79.9. The second-order valence-electron chi connectivity index (χ2n) is 6.02. The van der Waals surface area contributed by atoms with Crippen LogP contribution in [0.1, 0.15) is 45.1 Å². The highest BCUT2D eigenvalue weighted by Crippen LogP contribution is 2.43. The molecule has 0 spiro atoms. The lowest BCUT2D eigenvalue weighted by Gasteiger charge is -2.42. The van der Waals surface area contributed by atoms with E-state index in [0.29, 0.717) is 12.3 Å². The Labute approximate surface area is 124 Å². The molecule has 0 aromatic heterocycles. The van der Waals surface area contributed by atoms with Crippen molar-refractivity contribution >= 4 is 21.8 Å². The molecule has 1 amide bonds. The minimum Gasteiger partial charge on any atom is -0.355 e. The SMILES string of the molecule is CC(C)CC(=O)NCC1(c2cccc(Br)c2)CCC1. The predicted octanol–water partition coefficient (Wildman–Crippen LogP) is 4.03. The summed E-state index contributed by atoms with van der Waals surface area (Å²) >= 11 is 3.53. The summed E-state index contributed by atoms with van der Waals surface area (Å²) < 4.78 is 1.12. The van der Waals surface area contributed by atoms with E-state index < -0.39 is 0 Å². The van der Waals surface area contributed by atoms with Crippen molar-refractivity contribution in [1.29, 1.82) is 0 Å². The Morgan fingerprint density at radius 2 is 2.16 bits per heavy atom. The molecular formula is C16H22BrNO. The molecule has 1 aromatic rings. The summed E-state index contributed by atoms with van der Waals surface area (Å²) in [5, 5.41) is 3.12. The second-order valence-corrected chi connectivity index (χ2v) is 6.93. The van der Waals surface area contributed by atoms with Gasteiger partial charge in [-0.3, -0.25) is 4.79 Å². The van der Waals surface area contributed by atoms with E-state index in [9.17, 15) is 4.79 Å². The topological polar surface area (TPSA) is 29.1 Å². The third-order valence-electron chi connectivity index (χ3n) is 3.97. The smallest absolute Gasteiger partial charge is 0.220 e. The fraction of sp³-hybridized carbons (Fsp3) is 0.562. The Hall–Kier alpha value is -0.830. The van der Waals surface area contributed by atoms with Crippen LogP contribution >= 0.6 is 15.9 Å². The zero-order valence-corrected chi connectivity index (χ0v) is 13.3. The lowest BCUT2D eigenvalue weighted by Crippen LogP contribution is -2.45. The lowest BCUT2D eigenvalue weighted by molar-refractivity contribution is -0.122. The van der Waals surface area contributed by atoms with Gasteiger partial charge in [-0.15, -0.1) is 0 Å². The van der Waals surface area contributed by atoms with Crippen LogP contribution in [-0.2, 0) is 10.2 Å². The van der Waals surface area contributed by atoms with E-state index in [1.807, 2.05) is 6.07 Å². The van der Waals surface area contributed by atoms with E-state index in [1.54, 1.807) is 0 Å². The van der Waals surface area contributed by atoms with Crippen molar-refractivity contribution in [3.63, 3.8) is 0 Å². The summed E-state index contributed by atoms with van der Waals surface area (Å²) in [7, 11) is 0. The van der Waals surface area contributed by atoms with Gasteiger partial charge < -0.3 is 5.32 Å². The molecule has 2 nitrogen and oxygen atoms in total. The van der Waals surface area contributed by atoms with Crippen LogP contribution in [0.25, 0.3) is 0 Å². The van der Waals surface area contributed by atoms with Crippen LogP contribution in [0, 0.1) is 5.92 Å². The van der Waals surface area contributed by atoms with Crippen molar-refractivity contribution in [2.75, 3.05) is 6.54 Å². The first-order valence-electron chi connectivity index (χ1n) is 7.05. The average Bonchev–Trinajstić information content (AvgIpc) is 2.26. The van der Waals surface area contributed by atoms with Crippen LogP contribution in [0.2, 0.25) is 0 Å². The summed E-state index contributed by atoms with van der Waals surface area (Å²) in [4.78, 5) is 11.8. The van der Waals surface area contributed by atoms with E-state index >= 15 is 0 Å². The van der Waals surface area contributed by atoms with E-state index in [1.165, 1.54) is 24.8 Å². The average molecular weight is 324 g/mol. The monoisotopic (exact) mass is 323 g/mol. The molecule has 3 heteroatoms. The van der Waals surface area contributed by atoms with Crippen molar-refractivity contribution in [1.82, 2.24) is 5.32 Å². The van der Waals surface area contributed by atoms with Gasteiger partial charge in [-0.1, -0.05) is 48.3 Å². The first-order valence-corrected chi connectivity index (χ1v) is 7.84. The molecule has 2 rings (SSSR count). The largest absolute Gasteiger partial charge is 0.355 e. The maximum absolute atomic E-state index is 11.8. The third kappa shape index (κ3) is 3.59. The summed E-state index contributed by atoms with van der Waals surface area (Å²) in [5.41, 5.74) is 1.51. The molecule has 0 radical (unpaired) electrons. The molecule has 1 fully saturated rings. The minimum absolute atomic E-state index is 0.163. The van der Waals surface area contributed by atoms with Gasteiger partial charge in [0.25, 0.3) is 0 Å². The van der Waals surface area contributed by atoms with Gasteiger partial charge in [-0.2, -0.15) is 0 Å². The molecule has 104 valence electrons. The van der Waals surface area contributed by atoms with Gasteiger partial charge in [0.2, 0.25) is 5.91 Å². The summed E-state index contributed by atoms with van der Waals surface area (Å²) in [6.45, 7) is 4.93. The Morgan fingerprint density at radius 1 is 1.42 bits per heavy atom. The molecule has 19 heavy (non-hydrogen) atoms. The molecule has 0 bridgehead atoms. The molecule has 0 heterocycles. The second kappa shape index (κ2) is 6.08. The maximum Gasteiger partial charge on any atom is 0.220 e. The number of halogens is 1. The Balaban J connectivity index is 2.01. The fourth-order valence-corrected chi connectivity index (χ4v) is 3.10. The number of carbonyl (C=O) groups is 1. The molecule has 0 atom stereocenters. The lowest BCUT2D eigenvalue weighted by atomic mass is 9.64. The molecule has 1 saturated carbocycles. The van der Waals surface area contributed by atoms with Gasteiger partial charge in [-0.25, -0.2) is 0 Å². The van der Waals surface area contributed by atoms with Crippen LogP contribution in [0.5, 0.6) is 0 Å². The number of nitrogens with one attached hydrogen (secondary N) is 1. The van der Waals surface area contributed by atoms with E-state index in [2.05, 4.69) is 53.3 Å². The van der Waals surface area contributed by atoms with Gasteiger partial charge in [0, 0.05) is 22.9 Å². The number of benzene rings is 1. The number of hydrogen-bond donors (Lipinski definition) is 1. The van der Waals surface area contributed by atoms with Crippen molar-refractivity contribution in [3.05, 3.63) is 34.3 Å². The Morgan fingerprint density at radius 3 is 2.68 bits per heavy atom. The minimum atomic E-state index is 0.163. The van der Waals surface area contributed by atoms with Crippen molar-refractivity contribution in [2.24, 2.45) is 5.92 Å². The third-order valence-corrected chi connectivity index (χ3v) is 4.46. The van der Waals surface area contributed by atoms with Crippen LogP contribution in [-0.4, -0.2) is 12.5 Å². The number of rotatable bonds is 5. The highest BCUT2D eigenvalue weighted by molar-refractivity contribution is 9.10. The summed E-state index contributed by atoms with van der Waals surface area (Å²) in [6.07, 6.45) is 4.22. The number of hydrogen-bond acceptors (Lipinski definition) is 1. The first kappa shape index (κ1) is 14.6. The van der Waals surface area contributed by atoms with Gasteiger partial charge in [0.1, 0.15) is 0 Å².